The number of nitrogens with zero attached hydrogens (tertiary/aromatic N) is 3. The van der Waals surface area contributed by atoms with Crippen molar-refractivity contribution in [2.75, 3.05) is 11.9 Å². The largest absolute Gasteiger partial charge is 0.463 e. The van der Waals surface area contributed by atoms with Gasteiger partial charge in [-0.15, -0.1) is 5.10 Å². The van der Waals surface area contributed by atoms with E-state index in [1.54, 1.807) is 4.68 Å². The van der Waals surface area contributed by atoms with Crippen LogP contribution in [0.3, 0.4) is 0 Å². The van der Waals surface area contributed by atoms with Gasteiger partial charge in [-0.2, -0.15) is 4.98 Å². The second-order valence-electron chi connectivity index (χ2n) is 7.51. The van der Waals surface area contributed by atoms with Crippen LogP contribution in [0.4, 0.5) is 5.69 Å². The van der Waals surface area contributed by atoms with Crippen molar-refractivity contribution in [3.8, 4) is 23.1 Å². The predicted octanol–water partition coefficient (Wildman–Crippen LogP) is 5.21. The van der Waals surface area contributed by atoms with E-state index >= 15 is 0 Å². The fraction of sp³-hybridized carbons (Fsp3) is 0.192. The minimum atomic E-state index is -0.0127. The predicted molar refractivity (Wildman–Crippen MR) is 126 cm³/mol. The number of carbonyl (C=O) groups excluding carboxylic acids is 1. The van der Waals surface area contributed by atoms with E-state index in [4.69, 9.17) is 4.74 Å². The van der Waals surface area contributed by atoms with Crippen LogP contribution in [-0.2, 0) is 11.2 Å². The lowest BCUT2D eigenvalue weighted by atomic mass is 10.1. The molecule has 0 aliphatic carbocycles. The van der Waals surface area contributed by atoms with Crippen LogP contribution in [0.25, 0.3) is 17.1 Å². The zero-order valence-electron chi connectivity index (χ0n) is 18.3. The van der Waals surface area contributed by atoms with Gasteiger partial charge in [0, 0.05) is 17.7 Å². The maximum atomic E-state index is 12.3. The standard InChI is InChI=1S/C26H26N4O2/c1-3-32-26-28-25(21-12-9-19(2)10-13-21)30(29-26)23-16-14-22(15-17-23)27-24(31)18-11-20-7-5-4-6-8-20/h4-10,12-17H,3,11,18H2,1-2H3,(H,27,31). The number of hydrogen-bond donors (Lipinski definition) is 1. The molecule has 6 nitrogen and oxygen atoms in total. The van der Waals surface area contributed by atoms with Crippen LogP contribution in [-0.4, -0.2) is 27.3 Å². The third-order valence-electron chi connectivity index (χ3n) is 5.05. The summed E-state index contributed by atoms with van der Waals surface area (Å²) < 4.78 is 7.29. The van der Waals surface area contributed by atoms with E-state index in [0.717, 1.165) is 22.5 Å². The van der Waals surface area contributed by atoms with E-state index in [1.165, 1.54) is 5.56 Å². The quantitative estimate of drug-likeness (QED) is 0.420. The molecule has 6 heteroatoms. The van der Waals surface area contributed by atoms with Gasteiger partial charge < -0.3 is 10.1 Å². The van der Waals surface area contributed by atoms with E-state index < -0.39 is 0 Å². The van der Waals surface area contributed by atoms with Crippen molar-refractivity contribution in [1.82, 2.24) is 14.8 Å². The van der Waals surface area contributed by atoms with Crippen LogP contribution in [0.5, 0.6) is 6.01 Å². The molecule has 1 amide bonds. The molecular weight excluding hydrogens is 400 g/mol. The highest BCUT2D eigenvalue weighted by atomic mass is 16.5. The Bertz CT molecular complexity index is 1170. The Hall–Kier alpha value is -3.93. The summed E-state index contributed by atoms with van der Waals surface area (Å²) in [6, 6.07) is 26.0. The molecule has 0 saturated carbocycles. The first-order chi connectivity index (χ1) is 15.6. The first-order valence-corrected chi connectivity index (χ1v) is 10.7. The van der Waals surface area contributed by atoms with Crippen molar-refractivity contribution >= 4 is 11.6 Å². The van der Waals surface area contributed by atoms with Gasteiger partial charge in [0.25, 0.3) is 0 Å². The summed E-state index contributed by atoms with van der Waals surface area (Å²) in [5, 5.41) is 7.48. The summed E-state index contributed by atoms with van der Waals surface area (Å²) in [5.74, 6) is 0.689. The van der Waals surface area contributed by atoms with Crippen LogP contribution in [0, 0.1) is 6.92 Å². The monoisotopic (exact) mass is 426 g/mol. The highest BCUT2D eigenvalue weighted by molar-refractivity contribution is 5.90. The maximum Gasteiger partial charge on any atom is 0.336 e. The minimum absolute atomic E-state index is 0.0127. The first-order valence-electron chi connectivity index (χ1n) is 10.7. The molecule has 4 aromatic rings. The fourth-order valence-corrected chi connectivity index (χ4v) is 3.36. The summed E-state index contributed by atoms with van der Waals surface area (Å²) in [5.41, 5.74) is 4.86. The van der Waals surface area contributed by atoms with Gasteiger partial charge in [0.15, 0.2) is 5.82 Å². The lowest BCUT2D eigenvalue weighted by Gasteiger charge is -2.09. The summed E-state index contributed by atoms with van der Waals surface area (Å²) in [4.78, 5) is 16.9. The molecule has 1 N–H and O–H groups in total. The van der Waals surface area contributed by atoms with Crippen molar-refractivity contribution in [2.24, 2.45) is 0 Å². The Morgan fingerprint density at radius 2 is 1.69 bits per heavy atom. The molecule has 162 valence electrons. The topological polar surface area (TPSA) is 69.0 Å². The van der Waals surface area contributed by atoms with Gasteiger partial charge in [0.2, 0.25) is 5.91 Å². The highest BCUT2D eigenvalue weighted by Gasteiger charge is 2.15. The number of carbonyl (C=O) groups is 1. The van der Waals surface area contributed by atoms with Crippen LogP contribution in [0.15, 0.2) is 78.9 Å². The van der Waals surface area contributed by atoms with Gasteiger partial charge in [0.05, 0.1) is 12.3 Å². The molecule has 0 radical (unpaired) electrons. The summed E-state index contributed by atoms with van der Waals surface area (Å²) >= 11 is 0. The third kappa shape index (κ3) is 5.21. The number of benzene rings is 3. The Morgan fingerprint density at radius 1 is 0.969 bits per heavy atom. The molecular formula is C26H26N4O2. The fourth-order valence-electron chi connectivity index (χ4n) is 3.36. The molecule has 0 spiro atoms. The van der Waals surface area contributed by atoms with Gasteiger partial charge in [-0.05, 0) is 50.1 Å². The SMILES string of the molecule is CCOc1nc(-c2ccc(C)cc2)n(-c2ccc(NC(=O)CCc3ccccc3)cc2)n1. The van der Waals surface area contributed by atoms with Gasteiger partial charge in [0.1, 0.15) is 0 Å². The van der Waals surface area contributed by atoms with Crippen LogP contribution in [0.2, 0.25) is 0 Å². The van der Waals surface area contributed by atoms with Crippen LogP contribution < -0.4 is 10.1 Å². The number of aryl methyl sites for hydroxylation is 2. The Morgan fingerprint density at radius 3 is 2.38 bits per heavy atom. The molecule has 4 rings (SSSR count). The zero-order chi connectivity index (χ0) is 22.3. The molecule has 0 saturated heterocycles. The number of hydrogen-bond acceptors (Lipinski definition) is 4. The Kier molecular flexibility index (Phi) is 6.60. The molecule has 1 aromatic heterocycles. The van der Waals surface area contributed by atoms with Gasteiger partial charge >= 0.3 is 6.01 Å². The molecule has 0 aliphatic rings. The van der Waals surface area contributed by atoms with Crippen molar-refractivity contribution in [2.45, 2.75) is 26.7 Å². The molecule has 3 aromatic carbocycles. The number of anilines is 1. The number of ether oxygens (including phenoxy) is 1. The molecule has 32 heavy (non-hydrogen) atoms. The van der Waals surface area contributed by atoms with Crippen molar-refractivity contribution in [3.63, 3.8) is 0 Å². The lowest BCUT2D eigenvalue weighted by molar-refractivity contribution is -0.116. The smallest absolute Gasteiger partial charge is 0.336 e. The molecule has 1 heterocycles. The lowest BCUT2D eigenvalue weighted by Crippen LogP contribution is -2.12. The molecule has 0 bridgehead atoms. The number of amides is 1. The molecule has 0 atom stereocenters. The first kappa shape index (κ1) is 21.3. The summed E-state index contributed by atoms with van der Waals surface area (Å²) in [6.07, 6.45) is 1.15. The molecule has 0 aliphatic heterocycles. The van der Waals surface area contributed by atoms with Crippen molar-refractivity contribution in [1.29, 1.82) is 0 Å². The maximum absolute atomic E-state index is 12.3. The number of aromatic nitrogens is 3. The van der Waals surface area contributed by atoms with Gasteiger partial charge in [-0.3, -0.25) is 4.79 Å². The third-order valence-corrected chi connectivity index (χ3v) is 5.05. The van der Waals surface area contributed by atoms with Gasteiger partial charge in [-0.1, -0.05) is 60.2 Å². The Balaban J connectivity index is 1.49. The number of rotatable bonds is 8. The van der Waals surface area contributed by atoms with E-state index in [9.17, 15) is 4.79 Å². The molecule has 0 fully saturated rings. The minimum Gasteiger partial charge on any atom is -0.463 e. The van der Waals surface area contributed by atoms with Crippen molar-refractivity contribution in [3.05, 3.63) is 90.0 Å². The normalized spacial score (nSPS) is 10.7. The average Bonchev–Trinajstić information content (AvgIpc) is 3.23. The van der Waals surface area contributed by atoms with E-state index in [1.807, 2.05) is 92.7 Å². The second-order valence-corrected chi connectivity index (χ2v) is 7.51. The van der Waals surface area contributed by atoms with E-state index in [0.29, 0.717) is 31.3 Å². The van der Waals surface area contributed by atoms with Crippen LogP contribution in [0.1, 0.15) is 24.5 Å². The van der Waals surface area contributed by atoms with E-state index in [2.05, 4.69) is 15.4 Å². The summed E-state index contributed by atoms with van der Waals surface area (Å²) in [6.45, 7) is 4.44. The van der Waals surface area contributed by atoms with Gasteiger partial charge in [-0.25, -0.2) is 4.68 Å². The number of nitrogens with one attached hydrogen (secondary N) is 1. The zero-order valence-corrected chi connectivity index (χ0v) is 18.3. The average molecular weight is 427 g/mol. The molecule has 0 unspecified atom stereocenters. The Labute approximate surface area is 187 Å². The second kappa shape index (κ2) is 9.92. The highest BCUT2D eigenvalue weighted by Crippen LogP contribution is 2.25. The van der Waals surface area contributed by atoms with Crippen LogP contribution >= 0.6 is 0 Å². The van der Waals surface area contributed by atoms with Crippen molar-refractivity contribution < 1.29 is 9.53 Å². The summed E-state index contributed by atoms with van der Waals surface area (Å²) in [7, 11) is 0. The van der Waals surface area contributed by atoms with E-state index in [-0.39, 0.29) is 5.91 Å².